The van der Waals surface area contributed by atoms with E-state index in [-0.39, 0.29) is 5.91 Å². The Hall–Kier alpha value is -2.31. The van der Waals surface area contributed by atoms with Crippen LogP contribution in [-0.4, -0.2) is 23.9 Å². The lowest BCUT2D eigenvalue weighted by molar-refractivity contribution is 0.0777. The van der Waals surface area contributed by atoms with Crippen molar-refractivity contribution in [2.45, 2.75) is 26.7 Å². The van der Waals surface area contributed by atoms with E-state index < -0.39 is 0 Å². The summed E-state index contributed by atoms with van der Waals surface area (Å²) in [7, 11) is 0.469. The Labute approximate surface area is 158 Å². The highest BCUT2D eigenvalue weighted by molar-refractivity contribution is 7.32. The topological polar surface area (TPSA) is 20.3 Å². The average Bonchev–Trinajstić information content (AvgIpc) is 3.06. The van der Waals surface area contributed by atoms with Crippen LogP contribution in [0.5, 0.6) is 0 Å². The maximum Gasteiger partial charge on any atom is 0.257 e. The molecule has 26 heavy (non-hydrogen) atoms. The molecule has 0 saturated heterocycles. The van der Waals surface area contributed by atoms with Crippen LogP contribution in [0.4, 0.5) is 0 Å². The van der Waals surface area contributed by atoms with E-state index in [4.69, 9.17) is 0 Å². The molecule has 1 atom stereocenters. The van der Waals surface area contributed by atoms with E-state index in [1.165, 1.54) is 22.3 Å². The van der Waals surface area contributed by atoms with Crippen LogP contribution >= 0.6 is 8.19 Å². The van der Waals surface area contributed by atoms with Gasteiger partial charge in [-0.1, -0.05) is 60.7 Å². The summed E-state index contributed by atoms with van der Waals surface area (Å²) in [6.07, 6.45) is 1.72. The van der Waals surface area contributed by atoms with Crippen LogP contribution in [0.1, 0.15) is 46.2 Å². The Morgan fingerprint density at radius 3 is 1.92 bits per heavy atom. The summed E-state index contributed by atoms with van der Waals surface area (Å²) in [4.78, 5) is 15.0. The minimum Gasteiger partial charge on any atom is -0.339 e. The van der Waals surface area contributed by atoms with Crippen LogP contribution in [0.2, 0.25) is 0 Å². The van der Waals surface area contributed by atoms with Crippen molar-refractivity contribution in [1.82, 2.24) is 4.90 Å². The molecule has 134 valence electrons. The predicted molar refractivity (Wildman–Crippen MR) is 112 cm³/mol. The van der Waals surface area contributed by atoms with Gasteiger partial charge in [0.15, 0.2) is 0 Å². The summed E-state index contributed by atoms with van der Waals surface area (Å²) in [5.74, 6) is 2.49. The molecule has 3 aromatic rings. The maximum absolute atomic E-state index is 13.0. The zero-order chi connectivity index (χ0) is 18.4. The first-order chi connectivity index (χ1) is 12.7. The number of benzene rings is 2. The van der Waals surface area contributed by atoms with Crippen LogP contribution in [0.3, 0.4) is 0 Å². The van der Waals surface area contributed by atoms with Crippen LogP contribution in [-0.2, 0) is 12.8 Å². The van der Waals surface area contributed by atoms with Gasteiger partial charge in [-0.2, -0.15) is 0 Å². The van der Waals surface area contributed by atoms with Gasteiger partial charge in [-0.05, 0) is 54.7 Å². The minimum absolute atomic E-state index is 0.207. The SMILES string of the molecule is CCN(CC)C(=O)c1[pH]cc(Cc2ccccc2)c1Cc1ccccc1. The van der Waals surface area contributed by atoms with Gasteiger partial charge in [-0.3, -0.25) is 4.79 Å². The van der Waals surface area contributed by atoms with Gasteiger partial charge in [0.25, 0.3) is 5.91 Å². The third kappa shape index (κ3) is 4.26. The van der Waals surface area contributed by atoms with Crippen LogP contribution in [0.15, 0.2) is 66.5 Å². The summed E-state index contributed by atoms with van der Waals surface area (Å²) >= 11 is 0. The van der Waals surface area contributed by atoms with Crippen molar-refractivity contribution in [2.75, 3.05) is 13.1 Å². The zero-order valence-electron chi connectivity index (χ0n) is 15.5. The predicted octanol–water partition coefficient (Wildman–Crippen LogP) is 5.38. The Morgan fingerprint density at radius 1 is 0.846 bits per heavy atom. The minimum atomic E-state index is 0.207. The quantitative estimate of drug-likeness (QED) is 0.552. The van der Waals surface area contributed by atoms with E-state index in [9.17, 15) is 4.79 Å². The van der Waals surface area contributed by atoms with E-state index in [2.05, 4.69) is 68.2 Å². The number of nitrogens with zero attached hydrogens (tertiary/aromatic N) is 1. The molecule has 3 rings (SSSR count). The summed E-state index contributed by atoms with van der Waals surface area (Å²) in [5.41, 5.74) is 5.10. The van der Waals surface area contributed by atoms with Crippen molar-refractivity contribution in [3.8, 4) is 0 Å². The fraction of sp³-hybridized carbons (Fsp3) is 0.261. The molecule has 0 bridgehead atoms. The first-order valence-electron chi connectivity index (χ1n) is 9.29. The molecule has 3 heteroatoms. The Bertz CT molecular complexity index is 835. The van der Waals surface area contributed by atoms with Gasteiger partial charge in [-0.25, -0.2) is 0 Å². The maximum atomic E-state index is 13.0. The van der Waals surface area contributed by atoms with Crippen molar-refractivity contribution in [2.24, 2.45) is 0 Å². The number of amides is 1. The van der Waals surface area contributed by atoms with Crippen LogP contribution < -0.4 is 0 Å². The van der Waals surface area contributed by atoms with E-state index in [1.807, 2.05) is 17.0 Å². The zero-order valence-corrected chi connectivity index (χ0v) is 16.5. The molecule has 0 N–H and O–H groups in total. The van der Waals surface area contributed by atoms with Gasteiger partial charge in [0, 0.05) is 13.1 Å². The van der Waals surface area contributed by atoms with Crippen molar-refractivity contribution < 1.29 is 4.79 Å². The van der Waals surface area contributed by atoms with Crippen molar-refractivity contribution in [1.29, 1.82) is 0 Å². The number of carbonyl (C=O) groups excluding carboxylic acids is 1. The summed E-state index contributed by atoms with van der Waals surface area (Å²) in [6.45, 7) is 5.62. The second kappa shape index (κ2) is 8.87. The van der Waals surface area contributed by atoms with Crippen molar-refractivity contribution >= 4 is 14.1 Å². The van der Waals surface area contributed by atoms with Gasteiger partial charge in [-0.15, -0.1) is 8.19 Å². The first kappa shape index (κ1) is 18.5. The monoisotopic (exact) mass is 363 g/mol. The van der Waals surface area contributed by atoms with Crippen molar-refractivity contribution in [3.63, 3.8) is 0 Å². The number of hydrogen-bond acceptors (Lipinski definition) is 1. The molecule has 1 unspecified atom stereocenters. The molecule has 1 amide bonds. The van der Waals surface area contributed by atoms with E-state index >= 15 is 0 Å². The molecule has 0 aliphatic rings. The number of rotatable bonds is 7. The molecule has 0 aliphatic carbocycles. The molecular formula is C23H26NOP. The molecule has 0 aliphatic heterocycles. The number of hydrogen-bond donors (Lipinski definition) is 0. The standard InChI is InChI=1S/C23H26NOP/c1-3-24(4-2)23(25)22-21(16-19-13-9-6-10-14-19)20(17-26-22)15-18-11-7-5-8-12-18/h5-14,17,26H,3-4,15-16H2,1-2H3. The third-order valence-corrected chi connectivity index (χ3v) is 6.10. The van der Waals surface area contributed by atoms with Crippen LogP contribution in [0, 0.1) is 0 Å². The normalized spacial score (nSPS) is 11.0. The highest BCUT2D eigenvalue weighted by Crippen LogP contribution is 2.32. The molecular weight excluding hydrogens is 337 g/mol. The van der Waals surface area contributed by atoms with Gasteiger partial charge < -0.3 is 4.90 Å². The fourth-order valence-electron chi connectivity index (χ4n) is 3.33. The average molecular weight is 363 g/mol. The van der Waals surface area contributed by atoms with Gasteiger partial charge in [0.1, 0.15) is 0 Å². The fourth-order valence-corrected chi connectivity index (χ4v) is 4.63. The highest BCUT2D eigenvalue weighted by atomic mass is 31.0. The third-order valence-electron chi connectivity index (χ3n) is 4.81. The first-order valence-corrected chi connectivity index (χ1v) is 10.4. The van der Waals surface area contributed by atoms with Gasteiger partial charge in [0.2, 0.25) is 0 Å². The van der Waals surface area contributed by atoms with Gasteiger partial charge >= 0.3 is 0 Å². The Morgan fingerprint density at radius 2 is 1.38 bits per heavy atom. The Balaban J connectivity index is 1.97. The summed E-state index contributed by atoms with van der Waals surface area (Å²) in [6, 6.07) is 21.0. The van der Waals surface area contributed by atoms with E-state index in [0.717, 1.165) is 31.2 Å². The largest absolute Gasteiger partial charge is 0.339 e. The molecule has 1 heterocycles. The molecule has 0 spiro atoms. The Kier molecular flexibility index (Phi) is 6.30. The number of carbonyl (C=O) groups is 1. The molecule has 0 saturated carbocycles. The lowest BCUT2D eigenvalue weighted by Gasteiger charge is -2.19. The van der Waals surface area contributed by atoms with Gasteiger partial charge in [0.05, 0.1) is 5.30 Å². The molecule has 2 nitrogen and oxygen atoms in total. The van der Waals surface area contributed by atoms with E-state index in [0.29, 0.717) is 8.19 Å². The second-order valence-electron chi connectivity index (χ2n) is 6.47. The smallest absolute Gasteiger partial charge is 0.257 e. The second-order valence-corrected chi connectivity index (χ2v) is 7.55. The summed E-state index contributed by atoms with van der Waals surface area (Å²) < 4.78 is 0. The summed E-state index contributed by atoms with van der Waals surface area (Å²) in [5, 5.41) is 1.00. The van der Waals surface area contributed by atoms with Crippen LogP contribution in [0.25, 0.3) is 0 Å². The van der Waals surface area contributed by atoms with E-state index in [1.54, 1.807) is 0 Å². The molecule has 0 fully saturated rings. The van der Waals surface area contributed by atoms with Crippen molar-refractivity contribution in [3.05, 3.63) is 94.0 Å². The lowest BCUT2D eigenvalue weighted by Crippen LogP contribution is -2.30. The lowest BCUT2D eigenvalue weighted by atomic mass is 9.97. The molecule has 2 aromatic carbocycles. The molecule has 1 aromatic heterocycles. The molecule has 0 radical (unpaired) electrons. The highest BCUT2D eigenvalue weighted by Gasteiger charge is 2.20.